The van der Waals surface area contributed by atoms with Gasteiger partial charge in [0, 0.05) is 55.8 Å². The number of nitrogens with two attached hydrogens (primary N) is 1. The zero-order valence-corrected chi connectivity index (χ0v) is 32.8. The zero-order chi connectivity index (χ0) is 39.6. The van der Waals surface area contributed by atoms with Crippen LogP contribution < -0.4 is 21.3 Å². The number of rotatable bonds is 11. The minimum Gasteiger partial charge on any atom is -0.391 e. The van der Waals surface area contributed by atoms with Crippen LogP contribution in [0.25, 0.3) is 21.7 Å². The van der Waals surface area contributed by atoms with Gasteiger partial charge in [-0.05, 0) is 67.3 Å². The lowest BCUT2D eigenvalue weighted by Crippen LogP contribution is -2.56. The highest BCUT2D eigenvalue weighted by Crippen LogP contribution is 2.34. The molecule has 2 aromatic heterocycles. The van der Waals surface area contributed by atoms with Gasteiger partial charge in [-0.3, -0.25) is 9.59 Å². The smallest absolute Gasteiger partial charge is 0.246 e. The molecule has 6 rings (SSSR count). The standard InChI is InChI=1S/C41H50F2N8O3S/c1-23(27-7-9-28(10-8-27)37-25(3)45-22-55-37)46-24(2)34-19-30(52)21-51(34)40(54)38(41(4,5)6)47-36(53)17-26-13-15-50(16-14-26)35-20-33(48-49-39(35)44)31-12-11-29(42)18-32(31)43/h7-12,18,20,22-23,26,30,34,38,46,52H,2,13-17,19,21H2,1,3-6H3,(H2,44,49)(H,47,53)/t23-,30+,34-,38+/m0/s1. The van der Waals surface area contributed by atoms with Gasteiger partial charge in [-0.2, -0.15) is 0 Å². The number of piperidine rings is 1. The van der Waals surface area contributed by atoms with E-state index < -0.39 is 35.2 Å². The van der Waals surface area contributed by atoms with Crippen LogP contribution in [0.3, 0.4) is 0 Å². The van der Waals surface area contributed by atoms with Gasteiger partial charge in [-0.15, -0.1) is 21.5 Å². The molecule has 2 amide bonds. The number of benzene rings is 2. The molecule has 2 aliphatic rings. The first kappa shape index (κ1) is 39.7. The summed E-state index contributed by atoms with van der Waals surface area (Å²) >= 11 is 1.61. The van der Waals surface area contributed by atoms with Crippen LogP contribution in [0, 0.1) is 29.9 Å². The third kappa shape index (κ3) is 9.13. The van der Waals surface area contributed by atoms with E-state index in [9.17, 15) is 23.5 Å². The summed E-state index contributed by atoms with van der Waals surface area (Å²) in [4.78, 5) is 37.0. The topological polar surface area (TPSA) is 150 Å². The third-order valence-electron chi connectivity index (χ3n) is 10.6. The highest BCUT2D eigenvalue weighted by Gasteiger charge is 2.43. The van der Waals surface area contributed by atoms with Gasteiger partial charge < -0.3 is 31.3 Å². The van der Waals surface area contributed by atoms with Gasteiger partial charge in [0.25, 0.3) is 0 Å². The maximum Gasteiger partial charge on any atom is 0.246 e. The normalized spacial score (nSPS) is 18.9. The van der Waals surface area contributed by atoms with Crippen molar-refractivity contribution < 1.29 is 23.5 Å². The van der Waals surface area contributed by atoms with E-state index in [-0.39, 0.29) is 53.8 Å². The summed E-state index contributed by atoms with van der Waals surface area (Å²) in [5.41, 5.74) is 12.2. The van der Waals surface area contributed by atoms with Crippen molar-refractivity contribution in [3.8, 4) is 21.7 Å². The molecule has 11 nitrogen and oxygen atoms in total. The first-order valence-electron chi connectivity index (χ1n) is 18.7. The number of nitrogens with zero attached hydrogens (tertiary/aromatic N) is 5. The maximum absolute atomic E-state index is 14.5. The lowest BCUT2D eigenvalue weighted by Gasteiger charge is -2.37. The van der Waals surface area contributed by atoms with Gasteiger partial charge >= 0.3 is 0 Å². The minimum atomic E-state index is -0.825. The number of amides is 2. The molecule has 0 aliphatic carbocycles. The molecule has 2 fully saturated rings. The molecule has 0 radical (unpaired) electrons. The van der Waals surface area contributed by atoms with Crippen LogP contribution >= 0.6 is 11.3 Å². The van der Waals surface area contributed by atoms with Gasteiger partial charge in [-0.25, -0.2) is 13.8 Å². The van der Waals surface area contributed by atoms with E-state index in [0.29, 0.717) is 43.7 Å². The van der Waals surface area contributed by atoms with E-state index in [2.05, 4.69) is 56.7 Å². The van der Waals surface area contributed by atoms with Crippen LogP contribution in [0.2, 0.25) is 0 Å². The lowest BCUT2D eigenvalue weighted by molar-refractivity contribution is -0.140. The summed E-state index contributed by atoms with van der Waals surface area (Å²) in [7, 11) is 0. The fraction of sp³-hybridized carbons (Fsp3) is 0.439. The van der Waals surface area contributed by atoms with Crippen molar-refractivity contribution >= 4 is 34.7 Å². The fourth-order valence-electron chi connectivity index (χ4n) is 7.50. The molecule has 55 heavy (non-hydrogen) atoms. The van der Waals surface area contributed by atoms with Crippen molar-refractivity contribution in [2.75, 3.05) is 30.3 Å². The molecule has 0 unspecified atom stereocenters. The number of aliphatic hydroxyl groups is 1. The zero-order valence-electron chi connectivity index (χ0n) is 32.0. The Morgan fingerprint density at radius 1 is 1.07 bits per heavy atom. The number of nitrogen functional groups attached to an aromatic ring is 1. The van der Waals surface area contributed by atoms with Gasteiger partial charge in [-0.1, -0.05) is 51.6 Å². The summed E-state index contributed by atoms with van der Waals surface area (Å²) in [6, 6.07) is 11.9. The lowest BCUT2D eigenvalue weighted by atomic mass is 9.85. The molecule has 4 aromatic rings. The molecule has 2 aliphatic heterocycles. The number of aromatic nitrogens is 3. The summed E-state index contributed by atoms with van der Waals surface area (Å²) in [5, 5.41) is 25.3. The Bertz CT molecular complexity index is 2030. The predicted octanol–water partition coefficient (Wildman–Crippen LogP) is 6.40. The molecule has 0 saturated carbocycles. The molecule has 2 aromatic carbocycles. The SMILES string of the molecule is C=C(N[C@@H](C)c1ccc(-c2scnc2C)cc1)[C@@H]1C[C@@H](O)CN1C(=O)[C@@H](NC(=O)CC1CCN(c2cc(-c3ccc(F)cc3F)nnc2N)CC1)C(C)(C)C. The Hall–Kier alpha value is -4.95. The number of nitrogens with one attached hydrogen (secondary N) is 2. The quantitative estimate of drug-likeness (QED) is 0.136. The monoisotopic (exact) mass is 772 g/mol. The molecule has 4 atom stereocenters. The molecular formula is C41H50F2N8O3S. The first-order chi connectivity index (χ1) is 26.1. The summed E-state index contributed by atoms with van der Waals surface area (Å²) in [6.45, 7) is 15.4. The van der Waals surface area contributed by atoms with Crippen molar-refractivity contribution in [2.24, 2.45) is 11.3 Å². The summed E-state index contributed by atoms with van der Waals surface area (Å²) < 4.78 is 28.0. The highest BCUT2D eigenvalue weighted by molar-refractivity contribution is 7.13. The highest BCUT2D eigenvalue weighted by atomic mass is 32.1. The Morgan fingerprint density at radius 3 is 2.42 bits per heavy atom. The molecule has 4 heterocycles. The summed E-state index contributed by atoms with van der Waals surface area (Å²) in [5.74, 6) is -1.64. The first-order valence-corrected chi connectivity index (χ1v) is 19.5. The van der Waals surface area contributed by atoms with E-state index in [1.54, 1.807) is 22.3 Å². The van der Waals surface area contributed by atoms with E-state index in [1.807, 2.05) is 45.0 Å². The van der Waals surface area contributed by atoms with E-state index in [1.165, 1.54) is 12.1 Å². The summed E-state index contributed by atoms with van der Waals surface area (Å²) in [6.07, 6.45) is 1.22. The van der Waals surface area contributed by atoms with Crippen LogP contribution in [0.15, 0.2) is 66.3 Å². The van der Waals surface area contributed by atoms with Crippen molar-refractivity contribution in [1.29, 1.82) is 0 Å². The Balaban J connectivity index is 1.06. The maximum atomic E-state index is 14.5. The average molecular weight is 773 g/mol. The van der Waals surface area contributed by atoms with Gasteiger partial charge in [0.2, 0.25) is 11.8 Å². The Kier molecular flexibility index (Phi) is 11.9. The Labute approximate surface area is 325 Å². The number of aliphatic hydroxyl groups excluding tert-OH is 1. The molecule has 14 heteroatoms. The van der Waals surface area contributed by atoms with E-state index in [0.717, 1.165) is 27.8 Å². The second-order valence-corrected chi connectivity index (χ2v) is 16.7. The van der Waals surface area contributed by atoms with E-state index >= 15 is 0 Å². The molecular weight excluding hydrogens is 723 g/mol. The van der Waals surface area contributed by atoms with Crippen LogP contribution in [-0.2, 0) is 9.59 Å². The molecule has 0 bridgehead atoms. The fourth-order valence-corrected chi connectivity index (χ4v) is 8.31. The predicted molar refractivity (Wildman–Crippen MR) is 212 cm³/mol. The number of aryl methyl sites for hydroxylation is 1. The number of likely N-dealkylation sites (tertiary alicyclic amines) is 1. The molecule has 292 valence electrons. The van der Waals surface area contributed by atoms with Crippen molar-refractivity contribution in [3.63, 3.8) is 0 Å². The molecule has 5 N–H and O–H groups in total. The largest absolute Gasteiger partial charge is 0.391 e. The van der Waals surface area contributed by atoms with Crippen molar-refractivity contribution in [3.05, 3.63) is 89.2 Å². The number of hydrogen-bond acceptors (Lipinski definition) is 10. The number of thiazole rings is 1. The number of hydrogen-bond donors (Lipinski definition) is 4. The number of carbonyl (C=O) groups excluding carboxylic acids is 2. The minimum absolute atomic E-state index is 0.0592. The van der Waals surface area contributed by atoms with Crippen LogP contribution in [-0.4, -0.2) is 74.8 Å². The van der Waals surface area contributed by atoms with Gasteiger partial charge in [0.1, 0.15) is 17.7 Å². The van der Waals surface area contributed by atoms with Crippen LogP contribution in [0.5, 0.6) is 0 Å². The van der Waals surface area contributed by atoms with E-state index in [4.69, 9.17) is 5.73 Å². The third-order valence-corrected chi connectivity index (χ3v) is 11.6. The van der Waals surface area contributed by atoms with Crippen molar-refractivity contribution in [1.82, 2.24) is 30.7 Å². The number of β-amino-alcohol motifs (C(OH)–C–C–N with tert-alkyl or cyclic N) is 1. The average Bonchev–Trinajstić information content (AvgIpc) is 3.76. The molecule has 2 saturated heterocycles. The number of anilines is 2. The van der Waals surface area contributed by atoms with Crippen molar-refractivity contribution in [2.45, 2.75) is 84.5 Å². The van der Waals surface area contributed by atoms with Crippen LogP contribution in [0.1, 0.15) is 70.7 Å². The number of carbonyl (C=O) groups is 2. The second kappa shape index (κ2) is 16.4. The number of halogens is 2. The molecule has 0 spiro atoms. The van der Waals surface area contributed by atoms with Gasteiger partial charge in [0.15, 0.2) is 5.82 Å². The van der Waals surface area contributed by atoms with Gasteiger partial charge in [0.05, 0.1) is 39.6 Å². The second-order valence-electron chi connectivity index (χ2n) is 15.8. The Morgan fingerprint density at radius 2 is 1.78 bits per heavy atom. The van der Waals surface area contributed by atoms with Crippen LogP contribution in [0.4, 0.5) is 20.3 Å².